The number of para-hydroxylation sites is 4. The number of aryl methyl sites for hydroxylation is 2. The van der Waals surface area contributed by atoms with Crippen molar-refractivity contribution in [1.29, 1.82) is 0 Å². The molecule has 0 aliphatic rings. The van der Waals surface area contributed by atoms with Crippen LogP contribution >= 0.6 is 0 Å². The van der Waals surface area contributed by atoms with Gasteiger partial charge < -0.3 is 9.64 Å². The SMILES string of the molecule is COc1c(C)cccc1-c1nc([N+](C)(C)c2c(C)cccc2-c2nc(N(C)C)c3ccccc3n2)c2ccccc2n1. The summed E-state index contributed by atoms with van der Waals surface area (Å²) in [5.74, 6) is 3.85. The molecule has 7 nitrogen and oxygen atoms in total. The number of quaternary nitrogens is 1. The molecule has 7 heteroatoms. The minimum absolute atomic E-state index is 0.361. The van der Waals surface area contributed by atoms with Gasteiger partial charge in [0.2, 0.25) is 5.82 Å². The summed E-state index contributed by atoms with van der Waals surface area (Å²) >= 11 is 0. The maximum Gasteiger partial charge on any atom is 0.243 e. The van der Waals surface area contributed by atoms with E-state index in [4.69, 9.17) is 24.7 Å². The minimum atomic E-state index is 0.361. The number of methoxy groups -OCH3 is 1. The van der Waals surface area contributed by atoms with Crippen molar-refractivity contribution in [2.45, 2.75) is 13.8 Å². The lowest BCUT2D eigenvalue weighted by Crippen LogP contribution is -2.37. The highest BCUT2D eigenvalue weighted by Gasteiger charge is 2.34. The highest BCUT2D eigenvalue weighted by atomic mass is 16.5. The van der Waals surface area contributed by atoms with E-state index in [0.29, 0.717) is 16.1 Å². The molecular formula is C35H35N6O+. The fourth-order valence-electron chi connectivity index (χ4n) is 5.91. The van der Waals surface area contributed by atoms with E-state index in [1.54, 1.807) is 7.11 Å². The predicted molar refractivity (Wildman–Crippen MR) is 174 cm³/mol. The second-order valence-electron chi connectivity index (χ2n) is 11.3. The zero-order valence-electron chi connectivity index (χ0n) is 25.2. The zero-order valence-corrected chi connectivity index (χ0v) is 25.2. The fraction of sp³-hybridized carbons (Fsp3) is 0.200. The van der Waals surface area contributed by atoms with Crippen LogP contribution in [0.25, 0.3) is 44.6 Å². The lowest BCUT2D eigenvalue weighted by atomic mass is 10.0. The summed E-state index contributed by atoms with van der Waals surface area (Å²) < 4.78 is 6.17. The van der Waals surface area contributed by atoms with Gasteiger partial charge in [-0.2, -0.15) is 4.98 Å². The molecule has 4 aromatic carbocycles. The number of anilines is 1. The average molecular weight is 556 g/mol. The normalized spacial score (nSPS) is 11.7. The molecule has 0 radical (unpaired) electrons. The van der Waals surface area contributed by atoms with Gasteiger partial charge in [-0.15, -0.1) is 0 Å². The van der Waals surface area contributed by atoms with Crippen molar-refractivity contribution in [2.24, 2.45) is 0 Å². The first-order valence-electron chi connectivity index (χ1n) is 14.0. The Kier molecular flexibility index (Phi) is 6.83. The molecule has 0 aliphatic carbocycles. The van der Waals surface area contributed by atoms with Crippen LogP contribution in [0.4, 0.5) is 17.3 Å². The minimum Gasteiger partial charge on any atom is -0.496 e. The lowest BCUT2D eigenvalue weighted by Gasteiger charge is -2.32. The molecule has 42 heavy (non-hydrogen) atoms. The van der Waals surface area contributed by atoms with E-state index in [1.807, 2.05) is 80.5 Å². The molecule has 210 valence electrons. The molecule has 0 fully saturated rings. The Morgan fingerprint density at radius 2 is 1.19 bits per heavy atom. The smallest absolute Gasteiger partial charge is 0.243 e. The largest absolute Gasteiger partial charge is 0.496 e. The molecule has 0 unspecified atom stereocenters. The third-order valence-electron chi connectivity index (χ3n) is 7.81. The highest BCUT2D eigenvalue weighted by Crippen LogP contribution is 2.44. The Labute approximate surface area is 246 Å². The van der Waals surface area contributed by atoms with Crippen LogP contribution in [0, 0.1) is 13.8 Å². The van der Waals surface area contributed by atoms with Gasteiger partial charge in [-0.05, 0) is 55.8 Å². The van der Waals surface area contributed by atoms with Crippen LogP contribution in [0.3, 0.4) is 0 Å². The van der Waals surface area contributed by atoms with Gasteiger partial charge in [-0.1, -0.05) is 48.5 Å². The molecule has 0 amide bonds. The van der Waals surface area contributed by atoms with Gasteiger partial charge in [-0.25, -0.2) is 19.4 Å². The topological polar surface area (TPSA) is 64.0 Å². The Balaban J connectivity index is 1.63. The van der Waals surface area contributed by atoms with E-state index in [1.165, 1.54) is 0 Å². The van der Waals surface area contributed by atoms with Crippen molar-refractivity contribution in [3.05, 3.63) is 96.1 Å². The number of benzene rings is 4. The maximum atomic E-state index is 5.81. The van der Waals surface area contributed by atoms with Gasteiger partial charge in [0.15, 0.2) is 17.3 Å². The van der Waals surface area contributed by atoms with Gasteiger partial charge in [0.1, 0.15) is 11.6 Å². The number of aromatic nitrogens is 4. The van der Waals surface area contributed by atoms with Crippen molar-refractivity contribution in [2.75, 3.05) is 40.2 Å². The average Bonchev–Trinajstić information content (AvgIpc) is 2.99. The number of hydrogen-bond acceptors (Lipinski definition) is 6. The van der Waals surface area contributed by atoms with Crippen molar-refractivity contribution in [3.8, 4) is 28.5 Å². The third-order valence-corrected chi connectivity index (χ3v) is 7.81. The van der Waals surface area contributed by atoms with Crippen LogP contribution in [-0.2, 0) is 0 Å². The highest BCUT2D eigenvalue weighted by molar-refractivity contribution is 5.95. The molecule has 0 bridgehead atoms. The van der Waals surface area contributed by atoms with E-state index >= 15 is 0 Å². The Bertz CT molecular complexity index is 1960. The maximum absolute atomic E-state index is 5.81. The third kappa shape index (κ3) is 4.52. The molecule has 2 heterocycles. The summed E-state index contributed by atoms with van der Waals surface area (Å²) in [6.45, 7) is 4.18. The molecule has 0 N–H and O–H groups in total. The lowest BCUT2D eigenvalue weighted by molar-refractivity contribution is 0.413. The van der Waals surface area contributed by atoms with Crippen LogP contribution in [0.5, 0.6) is 5.75 Å². The molecule has 0 saturated heterocycles. The summed E-state index contributed by atoms with van der Waals surface area (Å²) in [5.41, 5.74) is 6.84. The first-order valence-corrected chi connectivity index (χ1v) is 14.0. The van der Waals surface area contributed by atoms with Gasteiger partial charge in [-0.3, -0.25) is 0 Å². The summed E-state index contributed by atoms with van der Waals surface area (Å²) in [5, 5.41) is 2.01. The predicted octanol–water partition coefficient (Wildman–Crippen LogP) is 7.50. The van der Waals surface area contributed by atoms with Crippen molar-refractivity contribution >= 4 is 39.1 Å². The number of ether oxygens (including phenoxy) is 1. The van der Waals surface area contributed by atoms with Crippen LogP contribution in [0.15, 0.2) is 84.9 Å². The summed E-state index contributed by atoms with van der Waals surface area (Å²) in [6, 6.07) is 28.7. The fourth-order valence-corrected chi connectivity index (χ4v) is 5.91. The molecule has 0 atom stereocenters. The zero-order chi connectivity index (χ0) is 29.6. The first kappa shape index (κ1) is 27.3. The number of rotatable bonds is 6. The Hall–Kier alpha value is -4.88. The second-order valence-corrected chi connectivity index (χ2v) is 11.3. The monoisotopic (exact) mass is 555 g/mol. The Morgan fingerprint density at radius 3 is 1.86 bits per heavy atom. The van der Waals surface area contributed by atoms with Crippen molar-refractivity contribution < 1.29 is 4.74 Å². The molecular weight excluding hydrogens is 520 g/mol. The number of fused-ring (bicyclic) bond motifs is 2. The molecule has 0 spiro atoms. The molecule has 2 aromatic heterocycles. The molecule has 6 aromatic rings. The second kappa shape index (κ2) is 10.5. The van der Waals surface area contributed by atoms with Crippen LogP contribution in [0.2, 0.25) is 0 Å². The number of hydrogen-bond donors (Lipinski definition) is 0. The van der Waals surface area contributed by atoms with E-state index < -0.39 is 0 Å². The Morgan fingerprint density at radius 1 is 0.619 bits per heavy atom. The number of nitrogens with zero attached hydrogens (tertiary/aromatic N) is 6. The van der Waals surface area contributed by atoms with E-state index in [0.717, 1.165) is 67.1 Å². The standard InChI is InChI=1S/C35H35N6O/c1-22-14-12-18-26(32-36-28-20-10-8-16-24(28)34(38-32)40(3)4)30(22)41(5,6)35-25-17-9-11-21-29(25)37-33(39-35)27-19-13-15-23(2)31(27)42-7/h8-21H,1-7H3/q+1. The molecule has 0 aliphatic heterocycles. The summed E-state index contributed by atoms with van der Waals surface area (Å²) in [7, 11) is 10.1. The van der Waals surface area contributed by atoms with Crippen molar-refractivity contribution in [1.82, 2.24) is 24.4 Å². The van der Waals surface area contributed by atoms with Gasteiger partial charge in [0.25, 0.3) is 0 Å². The quantitative estimate of drug-likeness (QED) is 0.198. The van der Waals surface area contributed by atoms with Crippen molar-refractivity contribution in [3.63, 3.8) is 0 Å². The van der Waals surface area contributed by atoms with E-state index in [2.05, 4.69) is 51.4 Å². The van der Waals surface area contributed by atoms with Crippen LogP contribution in [0.1, 0.15) is 11.1 Å². The van der Waals surface area contributed by atoms with E-state index in [9.17, 15) is 0 Å². The summed E-state index contributed by atoms with van der Waals surface area (Å²) in [6.07, 6.45) is 0. The van der Waals surface area contributed by atoms with Crippen LogP contribution < -0.4 is 14.1 Å². The molecule has 6 rings (SSSR count). The van der Waals surface area contributed by atoms with Gasteiger partial charge in [0, 0.05) is 25.0 Å². The van der Waals surface area contributed by atoms with Crippen LogP contribution in [-0.4, -0.2) is 55.2 Å². The first-order chi connectivity index (χ1) is 20.2. The van der Waals surface area contributed by atoms with Gasteiger partial charge >= 0.3 is 0 Å². The summed E-state index contributed by atoms with van der Waals surface area (Å²) in [4.78, 5) is 22.5. The van der Waals surface area contributed by atoms with E-state index in [-0.39, 0.29) is 0 Å². The molecule has 0 saturated carbocycles. The van der Waals surface area contributed by atoms with Gasteiger partial charge in [0.05, 0.1) is 48.8 Å².